The fraction of sp³-hybridized carbons (Fsp3) is 0.904. The highest BCUT2D eigenvalue weighted by molar-refractivity contribution is 7.47. The van der Waals surface area contributed by atoms with Crippen molar-refractivity contribution in [1.29, 1.82) is 0 Å². The lowest BCUT2D eigenvalue weighted by Crippen LogP contribution is -2.37. The number of hydrogen-bond donors (Lipinski definition) is 3. The van der Waals surface area contributed by atoms with E-state index in [9.17, 15) is 34.1 Å². The zero-order valence-corrected chi connectivity index (χ0v) is 43.1. The van der Waals surface area contributed by atoms with Crippen molar-refractivity contribution in [2.24, 2.45) is 11.8 Å². The molecule has 13 heteroatoms. The number of ketones is 1. The average molecular weight is 945 g/mol. The minimum atomic E-state index is -4.44. The molecule has 0 aromatic heterocycles. The summed E-state index contributed by atoms with van der Waals surface area (Å²) in [5.41, 5.74) is 0. The predicted octanol–water partition coefficient (Wildman–Crippen LogP) is 12.3. The molecule has 0 aromatic carbocycles. The standard InChI is InChI=1S/C52H98NO11P/c1-6-8-10-11-12-13-14-15-16-17-18-19-20-21-22-23-24-25-26-27-33-37-52(58)64-46(44-63-65(59,60)62-41-40-53(3,4)5)43-61-51(57)36-32-29-28-31-35-47-48(50(56)42-49(47)55)39-38-45(54)34-30-9-7-2/h38-39,45-49,54-55H,6-37,40-44H2,1-5H3/p+1/b39-38+/t45-,46+,47+,48+,49-/m0/s1. The molecule has 0 bridgehead atoms. The summed E-state index contributed by atoms with van der Waals surface area (Å²) < 4.78 is 34.4. The highest BCUT2D eigenvalue weighted by Crippen LogP contribution is 2.43. The molecule has 0 saturated heterocycles. The van der Waals surface area contributed by atoms with Crippen LogP contribution >= 0.6 is 7.82 Å². The lowest BCUT2D eigenvalue weighted by Gasteiger charge is -2.24. The first kappa shape index (κ1) is 61.4. The van der Waals surface area contributed by atoms with Crippen LogP contribution in [0.4, 0.5) is 0 Å². The van der Waals surface area contributed by atoms with Crippen LogP contribution < -0.4 is 0 Å². The van der Waals surface area contributed by atoms with E-state index in [0.29, 0.717) is 36.7 Å². The van der Waals surface area contributed by atoms with Crippen LogP contribution in [0.5, 0.6) is 0 Å². The summed E-state index contributed by atoms with van der Waals surface area (Å²) in [5.74, 6) is -1.49. The quantitative estimate of drug-likeness (QED) is 0.0175. The Morgan fingerprint density at radius 2 is 1.14 bits per heavy atom. The first-order chi connectivity index (χ1) is 31.2. The second-order valence-corrected chi connectivity index (χ2v) is 21.5. The number of carbonyl (C=O) groups is 3. The van der Waals surface area contributed by atoms with Gasteiger partial charge < -0.3 is 29.1 Å². The number of aliphatic hydroxyl groups excluding tert-OH is 2. The van der Waals surface area contributed by atoms with Gasteiger partial charge in [0, 0.05) is 25.2 Å². The van der Waals surface area contributed by atoms with E-state index in [4.69, 9.17) is 18.5 Å². The number of quaternary nitrogens is 1. The fourth-order valence-corrected chi connectivity index (χ4v) is 9.25. The number of ether oxygens (including phenoxy) is 2. The van der Waals surface area contributed by atoms with Crippen molar-refractivity contribution in [2.45, 2.75) is 244 Å². The van der Waals surface area contributed by atoms with Crippen LogP contribution in [0, 0.1) is 11.8 Å². The number of rotatable bonds is 45. The maximum atomic E-state index is 12.8. The van der Waals surface area contributed by atoms with Gasteiger partial charge in [-0.2, -0.15) is 0 Å². The van der Waals surface area contributed by atoms with Gasteiger partial charge in [0.15, 0.2) is 6.10 Å². The Hall–Kier alpha value is -1.66. The van der Waals surface area contributed by atoms with Gasteiger partial charge in [-0.3, -0.25) is 23.4 Å². The first-order valence-electron chi connectivity index (χ1n) is 26.5. The monoisotopic (exact) mass is 945 g/mol. The van der Waals surface area contributed by atoms with Crippen LogP contribution in [-0.2, 0) is 37.5 Å². The number of phosphoric ester groups is 1. The third-order valence-corrected chi connectivity index (χ3v) is 13.7. The summed E-state index contributed by atoms with van der Waals surface area (Å²) >= 11 is 0. The highest BCUT2D eigenvalue weighted by Gasteiger charge is 2.39. The van der Waals surface area contributed by atoms with Crippen LogP contribution in [0.15, 0.2) is 12.2 Å². The predicted molar refractivity (Wildman–Crippen MR) is 262 cm³/mol. The Kier molecular flexibility index (Phi) is 37.0. The number of carbonyl (C=O) groups excluding carboxylic acids is 3. The second-order valence-electron chi connectivity index (χ2n) is 20.1. The van der Waals surface area contributed by atoms with Crippen LogP contribution in [0.3, 0.4) is 0 Å². The first-order valence-corrected chi connectivity index (χ1v) is 28.0. The zero-order chi connectivity index (χ0) is 48.0. The summed E-state index contributed by atoms with van der Waals surface area (Å²) in [7, 11) is 1.36. The summed E-state index contributed by atoms with van der Waals surface area (Å²) in [4.78, 5) is 48.3. The molecule has 0 aliphatic heterocycles. The molecular weight excluding hydrogens is 846 g/mol. The molecule has 3 N–H and O–H groups in total. The highest BCUT2D eigenvalue weighted by atomic mass is 31.2. The van der Waals surface area contributed by atoms with E-state index in [-0.39, 0.29) is 50.1 Å². The number of hydrogen-bond acceptors (Lipinski definition) is 10. The Labute approximate surface area is 396 Å². The molecule has 0 aromatic rings. The largest absolute Gasteiger partial charge is 0.472 e. The molecule has 1 rings (SSSR count). The number of Topliss-reactive ketones (excluding diaryl/α,β-unsaturated/α-hetero) is 1. The number of aliphatic hydroxyl groups is 2. The summed E-state index contributed by atoms with van der Waals surface area (Å²) in [6.45, 7) is 4.10. The van der Waals surface area contributed by atoms with Gasteiger partial charge in [-0.1, -0.05) is 193 Å². The molecule has 0 radical (unpaired) electrons. The molecule has 0 heterocycles. The average Bonchev–Trinajstić information content (AvgIpc) is 3.52. The van der Waals surface area contributed by atoms with Gasteiger partial charge in [0.25, 0.3) is 0 Å². The summed E-state index contributed by atoms with van der Waals surface area (Å²) in [6, 6.07) is 0. The minimum absolute atomic E-state index is 0.00346. The fourth-order valence-electron chi connectivity index (χ4n) is 8.51. The smallest absolute Gasteiger partial charge is 0.462 e. The van der Waals surface area contributed by atoms with Crippen molar-refractivity contribution in [2.75, 3.05) is 47.5 Å². The third-order valence-electron chi connectivity index (χ3n) is 12.7. The summed E-state index contributed by atoms with van der Waals surface area (Å²) in [6.07, 6.45) is 35.9. The van der Waals surface area contributed by atoms with Gasteiger partial charge in [0.1, 0.15) is 25.5 Å². The molecule has 0 spiro atoms. The van der Waals surface area contributed by atoms with E-state index in [1.807, 2.05) is 21.1 Å². The number of phosphoric acid groups is 1. The Morgan fingerprint density at radius 3 is 1.65 bits per heavy atom. The van der Waals surface area contributed by atoms with Gasteiger partial charge in [0.2, 0.25) is 0 Å². The molecule has 1 aliphatic carbocycles. The van der Waals surface area contributed by atoms with Crippen molar-refractivity contribution in [3.63, 3.8) is 0 Å². The SMILES string of the molecule is CCCCCCCCCCCCCCCCCCCCCCCC(=O)O[C@H](COC(=O)CCCCCC[C@H]1[C@@H](O)CC(=O)[C@@H]1/C=C/[C@@H](O)CCCCC)COP(=O)(O)OCC[N+](C)(C)C. The maximum absolute atomic E-state index is 12.8. The van der Waals surface area contributed by atoms with E-state index in [1.165, 1.54) is 109 Å². The van der Waals surface area contributed by atoms with Crippen molar-refractivity contribution in [1.82, 2.24) is 0 Å². The van der Waals surface area contributed by atoms with Crippen molar-refractivity contribution in [3.8, 4) is 0 Å². The zero-order valence-electron chi connectivity index (χ0n) is 42.2. The van der Waals surface area contributed by atoms with Gasteiger partial charge in [-0.25, -0.2) is 4.57 Å². The molecule has 65 heavy (non-hydrogen) atoms. The summed E-state index contributed by atoms with van der Waals surface area (Å²) in [5, 5.41) is 20.8. The van der Waals surface area contributed by atoms with E-state index in [0.717, 1.165) is 57.8 Å². The van der Waals surface area contributed by atoms with Crippen LogP contribution in [0.25, 0.3) is 0 Å². The molecule has 382 valence electrons. The number of allylic oxidation sites excluding steroid dienone is 1. The molecule has 1 saturated carbocycles. The van der Waals surface area contributed by atoms with E-state index in [2.05, 4.69) is 13.8 Å². The maximum Gasteiger partial charge on any atom is 0.472 e. The van der Waals surface area contributed by atoms with E-state index in [1.54, 1.807) is 12.2 Å². The molecule has 6 atom stereocenters. The molecule has 1 aliphatic rings. The molecular formula is C52H99NO11P+. The molecule has 0 amide bonds. The number of unbranched alkanes of at least 4 members (excludes halogenated alkanes) is 25. The van der Waals surface area contributed by atoms with Crippen LogP contribution in [0.1, 0.15) is 226 Å². The van der Waals surface area contributed by atoms with Crippen LogP contribution in [0.2, 0.25) is 0 Å². The molecule has 12 nitrogen and oxygen atoms in total. The van der Waals surface area contributed by atoms with Crippen LogP contribution in [-0.4, -0.2) is 103 Å². The van der Waals surface area contributed by atoms with Crippen molar-refractivity contribution >= 4 is 25.5 Å². The molecule has 1 unspecified atom stereocenters. The van der Waals surface area contributed by atoms with Crippen molar-refractivity contribution < 1.29 is 57.1 Å². The third kappa shape index (κ3) is 36.1. The number of likely N-dealkylation sites (N-methyl/N-ethyl adjacent to an activating group) is 1. The Bertz CT molecular complexity index is 1270. The number of esters is 2. The normalized spacial score (nSPS) is 18.6. The molecule has 1 fully saturated rings. The van der Waals surface area contributed by atoms with E-state index < -0.39 is 44.7 Å². The van der Waals surface area contributed by atoms with Gasteiger partial charge in [-0.15, -0.1) is 0 Å². The topological polar surface area (TPSA) is 166 Å². The Morgan fingerprint density at radius 1 is 0.677 bits per heavy atom. The second kappa shape index (κ2) is 39.2. The lowest BCUT2D eigenvalue weighted by atomic mass is 9.88. The number of nitrogens with zero attached hydrogens (tertiary/aromatic N) is 1. The lowest BCUT2D eigenvalue weighted by molar-refractivity contribution is -0.870. The van der Waals surface area contributed by atoms with Gasteiger partial charge in [-0.05, 0) is 31.6 Å². The van der Waals surface area contributed by atoms with E-state index >= 15 is 0 Å². The van der Waals surface area contributed by atoms with Crippen molar-refractivity contribution in [3.05, 3.63) is 12.2 Å². The minimum Gasteiger partial charge on any atom is -0.462 e. The van der Waals surface area contributed by atoms with Gasteiger partial charge >= 0.3 is 19.8 Å². The van der Waals surface area contributed by atoms with Gasteiger partial charge in [0.05, 0.1) is 40.0 Å². The Balaban J connectivity index is 2.34.